The van der Waals surface area contributed by atoms with Crippen LogP contribution in [0.1, 0.15) is 15.4 Å². The number of nitrogens with one attached hydrogen (secondary N) is 1. The Hall–Kier alpha value is -1.41. The van der Waals surface area contributed by atoms with Crippen molar-refractivity contribution in [2.45, 2.75) is 25.7 Å². The lowest BCUT2D eigenvalue weighted by molar-refractivity contribution is 0.601. The molecule has 3 rings (SSSR count). The number of anilines is 1. The van der Waals surface area contributed by atoms with Gasteiger partial charge in [-0.15, -0.1) is 22.7 Å². The Bertz CT molecular complexity index is 1010. The fourth-order valence-electron chi connectivity index (χ4n) is 2.25. The molecule has 0 aliphatic heterocycles. The molecule has 0 aliphatic carbocycles. The van der Waals surface area contributed by atoms with Crippen LogP contribution in [-0.2, 0) is 10.0 Å². The quantitative estimate of drug-likeness (QED) is 0.652. The number of sulfonamides is 1. The van der Waals surface area contributed by atoms with Crippen molar-refractivity contribution in [1.29, 1.82) is 0 Å². The average Bonchev–Trinajstić information content (AvgIpc) is 3.10. The summed E-state index contributed by atoms with van der Waals surface area (Å²) in [4.78, 5) is 6.27. The van der Waals surface area contributed by atoms with Gasteiger partial charge in [-0.2, -0.15) is 0 Å². The summed E-state index contributed by atoms with van der Waals surface area (Å²) < 4.78 is 28.2. The first-order valence-corrected chi connectivity index (χ1v) is 10.6. The molecule has 0 spiro atoms. The van der Waals surface area contributed by atoms with Crippen LogP contribution >= 0.6 is 34.3 Å². The number of aryl methyl sites for hydroxylation is 2. The first-order chi connectivity index (χ1) is 11.3. The number of rotatable bonds is 4. The summed E-state index contributed by atoms with van der Waals surface area (Å²) in [5, 5.41) is 3.41. The molecule has 0 atom stereocenters. The van der Waals surface area contributed by atoms with Gasteiger partial charge in [-0.05, 0) is 44.5 Å². The lowest BCUT2D eigenvalue weighted by atomic mass is 10.2. The molecule has 1 aromatic carbocycles. The van der Waals surface area contributed by atoms with E-state index in [1.807, 2.05) is 12.3 Å². The fraction of sp³-hybridized carbons (Fsp3) is 0.188. The van der Waals surface area contributed by atoms with Gasteiger partial charge in [-0.3, -0.25) is 4.72 Å². The molecule has 8 heteroatoms. The molecule has 2 heterocycles. The second kappa shape index (κ2) is 6.48. The highest BCUT2D eigenvalue weighted by Gasteiger charge is 2.22. The van der Waals surface area contributed by atoms with Gasteiger partial charge in [-0.1, -0.05) is 17.7 Å². The van der Waals surface area contributed by atoms with Gasteiger partial charge in [0.2, 0.25) is 0 Å². The predicted molar refractivity (Wildman–Crippen MR) is 102 cm³/mol. The van der Waals surface area contributed by atoms with E-state index in [-0.39, 0.29) is 4.90 Å². The van der Waals surface area contributed by atoms with Crippen molar-refractivity contribution in [3.63, 3.8) is 0 Å². The van der Waals surface area contributed by atoms with Crippen LogP contribution in [-0.4, -0.2) is 13.4 Å². The van der Waals surface area contributed by atoms with E-state index in [1.54, 1.807) is 49.4 Å². The smallest absolute Gasteiger partial charge is 0.263 e. The number of nitrogens with zero attached hydrogens (tertiary/aromatic N) is 1. The maximum absolute atomic E-state index is 12.8. The number of thiazole rings is 1. The van der Waals surface area contributed by atoms with Gasteiger partial charge in [0.15, 0.2) is 0 Å². The van der Waals surface area contributed by atoms with Crippen molar-refractivity contribution in [2.75, 3.05) is 4.72 Å². The highest BCUT2D eigenvalue weighted by atomic mass is 35.5. The minimum absolute atomic E-state index is 0.271. The van der Waals surface area contributed by atoms with E-state index in [9.17, 15) is 8.42 Å². The monoisotopic (exact) mass is 398 g/mol. The van der Waals surface area contributed by atoms with E-state index < -0.39 is 10.0 Å². The second-order valence-corrected chi connectivity index (χ2v) is 9.68. The van der Waals surface area contributed by atoms with E-state index in [0.29, 0.717) is 16.3 Å². The third-order valence-corrected chi connectivity index (χ3v) is 7.42. The molecule has 0 fully saturated rings. The molecular formula is C16H15ClN2O2S3. The molecule has 0 amide bonds. The van der Waals surface area contributed by atoms with Crippen LogP contribution in [0.2, 0.25) is 5.02 Å². The molecule has 0 unspecified atom stereocenters. The first-order valence-electron chi connectivity index (χ1n) is 7.09. The molecule has 0 aliphatic rings. The van der Waals surface area contributed by atoms with Gasteiger partial charge in [-0.25, -0.2) is 13.4 Å². The summed E-state index contributed by atoms with van der Waals surface area (Å²) in [6.45, 7) is 5.51. The molecule has 24 heavy (non-hydrogen) atoms. The Morgan fingerprint density at radius 3 is 2.62 bits per heavy atom. The summed E-state index contributed by atoms with van der Waals surface area (Å²) in [5.41, 5.74) is 2.00. The molecule has 2 aromatic heterocycles. The molecule has 0 radical (unpaired) electrons. The molecule has 126 valence electrons. The molecular weight excluding hydrogens is 384 g/mol. The third kappa shape index (κ3) is 3.35. The zero-order chi connectivity index (χ0) is 17.5. The lowest BCUT2D eigenvalue weighted by Gasteiger charge is -2.11. The lowest BCUT2D eigenvalue weighted by Crippen LogP contribution is -2.14. The summed E-state index contributed by atoms with van der Waals surface area (Å²) in [6.07, 6.45) is 0. The number of aromatic nitrogens is 1. The number of hydrogen-bond acceptors (Lipinski definition) is 5. The standard InChI is InChI=1S/C16H15ClN2O2S3/c1-9-12(17)5-4-6-13(9)19-24(20,21)16-7-15(23-10(16)2)14-8-22-11(3)18-14/h4-8,19H,1-3H3. The van der Waals surface area contributed by atoms with E-state index in [2.05, 4.69) is 9.71 Å². The van der Waals surface area contributed by atoms with Gasteiger partial charge >= 0.3 is 0 Å². The molecule has 1 N–H and O–H groups in total. The van der Waals surface area contributed by atoms with Gasteiger partial charge in [0, 0.05) is 15.3 Å². The van der Waals surface area contributed by atoms with Crippen molar-refractivity contribution in [1.82, 2.24) is 4.98 Å². The van der Waals surface area contributed by atoms with Gasteiger partial charge in [0.05, 0.1) is 21.3 Å². The third-order valence-electron chi connectivity index (χ3n) is 3.55. The summed E-state index contributed by atoms with van der Waals surface area (Å²) in [6, 6.07) is 6.83. The molecule has 0 saturated carbocycles. The Labute approximate surface area is 154 Å². The zero-order valence-corrected chi connectivity index (χ0v) is 16.5. The summed E-state index contributed by atoms with van der Waals surface area (Å²) in [5.74, 6) is 0. The van der Waals surface area contributed by atoms with Crippen molar-refractivity contribution in [2.24, 2.45) is 0 Å². The van der Waals surface area contributed by atoms with Crippen LogP contribution in [0.5, 0.6) is 0 Å². The number of thiophene rings is 1. The van der Waals surface area contributed by atoms with Crippen molar-refractivity contribution < 1.29 is 8.42 Å². The molecule has 0 bridgehead atoms. The Morgan fingerprint density at radius 1 is 1.21 bits per heavy atom. The molecule has 3 aromatic rings. The minimum Gasteiger partial charge on any atom is -0.279 e. The fourth-order valence-corrected chi connectivity index (χ4v) is 5.79. The largest absolute Gasteiger partial charge is 0.279 e. The summed E-state index contributed by atoms with van der Waals surface area (Å²) in [7, 11) is -3.69. The van der Waals surface area contributed by atoms with Crippen molar-refractivity contribution >= 4 is 50.0 Å². The van der Waals surface area contributed by atoms with Crippen LogP contribution in [0.3, 0.4) is 0 Å². The van der Waals surface area contributed by atoms with Crippen LogP contribution < -0.4 is 4.72 Å². The highest BCUT2D eigenvalue weighted by Crippen LogP contribution is 2.35. The maximum atomic E-state index is 12.8. The summed E-state index contributed by atoms with van der Waals surface area (Å²) >= 11 is 9.03. The first kappa shape index (κ1) is 17.4. The Morgan fingerprint density at radius 2 is 1.96 bits per heavy atom. The van der Waals surface area contributed by atoms with E-state index >= 15 is 0 Å². The number of benzene rings is 1. The Kier molecular flexibility index (Phi) is 4.70. The van der Waals surface area contributed by atoms with Crippen LogP contribution in [0.15, 0.2) is 34.5 Å². The highest BCUT2D eigenvalue weighted by molar-refractivity contribution is 7.93. The van der Waals surface area contributed by atoms with Crippen LogP contribution in [0, 0.1) is 20.8 Å². The average molecular weight is 399 g/mol. The SMILES string of the molecule is Cc1nc(-c2cc(S(=O)(=O)Nc3cccc(Cl)c3C)c(C)s2)cs1. The van der Waals surface area contributed by atoms with Gasteiger partial charge < -0.3 is 0 Å². The maximum Gasteiger partial charge on any atom is 0.263 e. The normalized spacial score (nSPS) is 11.7. The predicted octanol–water partition coefficient (Wildman–Crippen LogP) is 5.25. The number of hydrogen-bond donors (Lipinski definition) is 1. The minimum atomic E-state index is -3.69. The van der Waals surface area contributed by atoms with E-state index in [4.69, 9.17) is 11.6 Å². The Balaban J connectivity index is 1.98. The molecule has 4 nitrogen and oxygen atoms in total. The van der Waals surface area contributed by atoms with E-state index in [1.165, 1.54) is 11.3 Å². The van der Waals surface area contributed by atoms with Crippen molar-refractivity contribution in [3.8, 4) is 10.6 Å². The zero-order valence-electron chi connectivity index (χ0n) is 13.3. The van der Waals surface area contributed by atoms with Gasteiger partial charge in [0.25, 0.3) is 10.0 Å². The molecule has 0 saturated heterocycles. The van der Waals surface area contributed by atoms with Crippen LogP contribution in [0.25, 0.3) is 10.6 Å². The van der Waals surface area contributed by atoms with Gasteiger partial charge in [0.1, 0.15) is 4.90 Å². The number of halogens is 1. The van der Waals surface area contributed by atoms with E-state index in [0.717, 1.165) is 20.5 Å². The second-order valence-electron chi connectivity index (χ2n) is 5.30. The topological polar surface area (TPSA) is 59.1 Å². The van der Waals surface area contributed by atoms with Crippen LogP contribution in [0.4, 0.5) is 5.69 Å². The van der Waals surface area contributed by atoms with Crippen molar-refractivity contribution in [3.05, 3.63) is 50.1 Å².